The van der Waals surface area contributed by atoms with Gasteiger partial charge in [0.1, 0.15) is 0 Å². The van der Waals surface area contributed by atoms with Crippen LogP contribution in [0.4, 0.5) is 0 Å². The lowest BCUT2D eigenvalue weighted by atomic mass is 10.1. The van der Waals surface area contributed by atoms with E-state index in [1.165, 1.54) is 4.90 Å². The first kappa shape index (κ1) is 14.2. The Balaban J connectivity index is 4.69. The fourth-order valence-corrected chi connectivity index (χ4v) is 1.07. The van der Waals surface area contributed by atoms with Gasteiger partial charge in [0.25, 0.3) is 0 Å². The first-order chi connectivity index (χ1) is 7.34. The van der Waals surface area contributed by atoms with Gasteiger partial charge in [-0.25, -0.2) is 4.79 Å². The third-order valence-electron chi connectivity index (χ3n) is 1.83. The van der Waals surface area contributed by atoms with E-state index in [1.54, 1.807) is 6.08 Å². The zero-order valence-corrected chi connectivity index (χ0v) is 9.95. The highest BCUT2D eigenvalue weighted by atomic mass is 16.5. The number of carbonyl (C=O) groups is 2. The molecule has 0 atom stereocenters. The van der Waals surface area contributed by atoms with Gasteiger partial charge in [0, 0.05) is 12.1 Å². The number of ether oxygens (including phenoxy) is 1. The summed E-state index contributed by atoms with van der Waals surface area (Å²) in [5.74, 6) is 0.488. The van der Waals surface area contributed by atoms with Crippen LogP contribution in [-0.4, -0.2) is 35.5 Å². The van der Waals surface area contributed by atoms with Gasteiger partial charge in [-0.15, -0.1) is 13.0 Å². The molecule has 0 aliphatic rings. The molecule has 0 bridgehead atoms. The highest BCUT2D eigenvalue weighted by Gasteiger charge is 2.30. The monoisotopic (exact) mass is 223 g/mol. The quantitative estimate of drug-likeness (QED) is 0.310. The number of terminal acetylenes is 1. The van der Waals surface area contributed by atoms with Crippen LogP contribution in [-0.2, 0) is 14.3 Å². The lowest BCUT2D eigenvalue weighted by Gasteiger charge is -2.33. The van der Waals surface area contributed by atoms with E-state index in [2.05, 4.69) is 17.2 Å². The molecule has 0 rings (SSSR count). The summed E-state index contributed by atoms with van der Waals surface area (Å²) in [6, 6.07) is 0. The van der Waals surface area contributed by atoms with Crippen molar-refractivity contribution in [2.45, 2.75) is 26.3 Å². The van der Waals surface area contributed by atoms with E-state index in [0.29, 0.717) is 0 Å². The number of carbonyl (C=O) groups excluding carboxylic acids is 2. The topological polar surface area (TPSA) is 46.6 Å². The van der Waals surface area contributed by atoms with Crippen LogP contribution in [0.1, 0.15) is 20.8 Å². The maximum absolute atomic E-state index is 11.7. The zero-order chi connectivity index (χ0) is 12.8. The standard InChI is InChI=1S/C12H17NO3/c1-6-8-13(12(3,4)5)10(14)11(15)16-9-7-2/h2,6H,1,8-9H2,3-5H3. The van der Waals surface area contributed by atoms with Crippen molar-refractivity contribution in [3.8, 4) is 12.3 Å². The highest BCUT2D eigenvalue weighted by Crippen LogP contribution is 2.13. The molecular formula is C12H17NO3. The second-order valence-corrected chi connectivity index (χ2v) is 4.16. The van der Waals surface area contributed by atoms with Crippen LogP contribution in [0.2, 0.25) is 0 Å². The molecule has 1 amide bonds. The van der Waals surface area contributed by atoms with E-state index >= 15 is 0 Å². The van der Waals surface area contributed by atoms with Gasteiger partial charge in [0.2, 0.25) is 0 Å². The minimum absolute atomic E-state index is 0.198. The molecular weight excluding hydrogens is 206 g/mol. The largest absolute Gasteiger partial charge is 0.445 e. The van der Waals surface area contributed by atoms with Gasteiger partial charge < -0.3 is 9.64 Å². The summed E-state index contributed by atoms with van der Waals surface area (Å²) in [7, 11) is 0. The number of rotatable bonds is 3. The van der Waals surface area contributed by atoms with Crippen molar-refractivity contribution in [2.75, 3.05) is 13.2 Å². The van der Waals surface area contributed by atoms with Gasteiger partial charge in [0.05, 0.1) is 0 Å². The zero-order valence-electron chi connectivity index (χ0n) is 9.95. The Hall–Kier alpha value is -1.76. The van der Waals surface area contributed by atoms with Crippen molar-refractivity contribution < 1.29 is 14.3 Å². The van der Waals surface area contributed by atoms with E-state index in [4.69, 9.17) is 6.42 Å². The Bertz CT molecular complexity index is 320. The lowest BCUT2D eigenvalue weighted by Crippen LogP contribution is -2.49. The summed E-state index contributed by atoms with van der Waals surface area (Å²) < 4.78 is 4.57. The molecule has 88 valence electrons. The summed E-state index contributed by atoms with van der Waals surface area (Å²) in [6.07, 6.45) is 6.48. The maximum Gasteiger partial charge on any atom is 0.398 e. The Morgan fingerprint density at radius 2 is 2.06 bits per heavy atom. The summed E-state index contributed by atoms with van der Waals surface area (Å²) in [5.41, 5.74) is -0.472. The van der Waals surface area contributed by atoms with Crippen molar-refractivity contribution in [3.05, 3.63) is 12.7 Å². The molecule has 0 saturated heterocycles. The van der Waals surface area contributed by atoms with Gasteiger partial charge in [0.15, 0.2) is 6.61 Å². The van der Waals surface area contributed by atoms with Crippen molar-refractivity contribution >= 4 is 11.9 Å². The van der Waals surface area contributed by atoms with Crippen LogP contribution in [0.5, 0.6) is 0 Å². The average molecular weight is 223 g/mol. The summed E-state index contributed by atoms with van der Waals surface area (Å²) in [5, 5.41) is 0. The molecule has 0 N–H and O–H groups in total. The molecule has 0 fully saturated rings. The SMILES string of the molecule is C#CCOC(=O)C(=O)N(CC=C)C(C)(C)C. The van der Waals surface area contributed by atoms with Gasteiger partial charge in [-0.05, 0) is 20.8 Å². The van der Waals surface area contributed by atoms with E-state index in [1.807, 2.05) is 20.8 Å². The molecule has 0 heterocycles. The van der Waals surface area contributed by atoms with Crippen molar-refractivity contribution in [1.29, 1.82) is 0 Å². The second-order valence-electron chi connectivity index (χ2n) is 4.16. The highest BCUT2D eigenvalue weighted by molar-refractivity contribution is 6.32. The number of esters is 1. The molecule has 0 aromatic rings. The first-order valence-electron chi connectivity index (χ1n) is 4.87. The Kier molecular flexibility index (Phi) is 5.31. The lowest BCUT2D eigenvalue weighted by molar-refractivity contribution is -0.161. The molecule has 0 aromatic heterocycles. The summed E-state index contributed by atoms with van der Waals surface area (Å²) in [4.78, 5) is 24.4. The molecule has 0 aliphatic carbocycles. The molecule has 16 heavy (non-hydrogen) atoms. The minimum Gasteiger partial charge on any atom is -0.445 e. The van der Waals surface area contributed by atoms with Crippen LogP contribution in [0, 0.1) is 12.3 Å². The summed E-state index contributed by atoms with van der Waals surface area (Å²) >= 11 is 0. The van der Waals surface area contributed by atoms with Crippen LogP contribution < -0.4 is 0 Å². The smallest absolute Gasteiger partial charge is 0.398 e. The summed E-state index contributed by atoms with van der Waals surface area (Å²) in [6.45, 7) is 9.09. The first-order valence-corrected chi connectivity index (χ1v) is 4.87. The molecule has 0 aliphatic heterocycles. The molecule has 4 heteroatoms. The van der Waals surface area contributed by atoms with E-state index in [-0.39, 0.29) is 13.2 Å². The Morgan fingerprint density at radius 1 is 1.50 bits per heavy atom. The fourth-order valence-electron chi connectivity index (χ4n) is 1.07. The van der Waals surface area contributed by atoms with Crippen LogP contribution >= 0.6 is 0 Å². The third kappa shape index (κ3) is 4.18. The van der Waals surface area contributed by atoms with E-state index < -0.39 is 17.4 Å². The number of hydrogen-bond acceptors (Lipinski definition) is 3. The van der Waals surface area contributed by atoms with Gasteiger partial charge in [-0.2, -0.15) is 0 Å². The Morgan fingerprint density at radius 3 is 2.44 bits per heavy atom. The minimum atomic E-state index is -0.935. The number of hydrogen-bond donors (Lipinski definition) is 0. The van der Waals surface area contributed by atoms with E-state index in [9.17, 15) is 9.59 Å². The van der Waals surface area contributed by atoms with Crippen molar-refractivity contribution in [3.63, 3.8) is 0 Å². The van der Waals surface area contributed by atoms with Gasteiger partial charge in [-0.1, -0.05) is 12.0 Å². The number of nitrogens with zero attached hydrogens (tertiary/aromatic N) is 1. The molecule has 0 spiro atoms. The Labute approximate surface area is 96.3 Å². The van der Waals surface area contributed by atoms with Gasteiger partial charge in [-0.3, -0.25) is 4.79 Å². The average Bonchev–Trinajstić information content (AvgIpc) is 2.19. The molecule has 0 aromatic carbocycles. The van der Waals surface area contributed by atoms with Crippen molar-refractivity contribution in [1.82, 2.24) is 4.90 Å². The normalized spacial score (nSPS) is 10.1. The molecule has 0 radical (unpaired) electrons. The fraction of sp³-hybridized carbons (Fsp3) is 0.500. The van der Waals surface area contributed by atoms with Gasteiger partial charge >= 0.3 is 11.9 Å². The van der Waals surface area contributed by atoms with Crippen LogP contribution in [0.15, 0.2) is 12.7 Å². The van der Waals surface area contributed by atoms with Crippen molar-refractivity contribution in [2.24, 2.45) is 0 Å². The predicted molar refractivity (Wildman–Crippen MR) is 61.5 cm³/mol. The molecule has 0 saturated carbocycles. The maximum atomic E-state index is 11.7. The second kappa shape index (κ2) is 5.96. The third-order valence-corrected chi connectivity index (χ3v) is 1.83. The number of amides is 1. The molecule has 0 unspecified atom stereocenters. The van der Waals surface area contributed by atoms with Crippen LogP contribution in [0.25, 0.3) is 0 Å². The molecule has 4 nitrogen and oxygen atoms in total. The van der Waals surface area contributed by atoms with Crippen LogP contribution in [0.3, 0.4) is 0 Å². The van der Waals surface area contributed by atoms with E-state index in [0.717, 1.165) is 0 Å². The predicted octanol–water partition coefficient (Wildman–Crippen LogP) is 0.976.